The van der Waals surface area contributed by atoms with Crippen LogP contribution in [0.3, 0.4) is 0 Å². The molecule has 0 aromatic heterocycles. The summed E-state index contributed by atoms with van der Waals surface area (Å²) in [6.45, 7) is 10.0. The molecule has 0 amide bonds. The molecule has 1 aliphatic carbocycles. The van der Waals surface area contributed by atoms with Crippen LogP contribution in [0.1, 0.15) is 46.0 Å². The SMILES string of the molecule is CC(C)CNCC1(CN2CCC(O)C2)CCCC1. The van der Waals surface area contributed by atoms with Crippen LogP contribution in [0.4, 0.5) is 0 Å². The van der Waals surface area contributed by atoms with E-state index in [9.17, 15) is 5.11 Å². The maximum Gasteiger partial charge on any atom is 0.0679 e. The van der Waals surface area contributed by atoms with Crippen molar-refractivity contribution < 1.29 is 5.11 Å². The van der Waals surface area contributed by atoms with Crippen LogP contribution in [0, 0.1) is 11.3 Å². The molecule has 1 atom stereocenters. The molecule has 1 unspecified atom stereocenters. The van der Waals surface area contributed by atoms with Gasteiger partial charge in [0.15, 0.2) is 0 Å². The number of aliphatic hydroxyl groups is 1. The van der Waals surface area contributed by atoms with E-state index in [4.69, 9.17) is 0 Å². The van der Waals surface area contributed by atoms with E-state index in [-0.39, 0.29) is 6.10 Å². The Hall–Kier alpha value is -0.120. The summed E-state index contributed by atoms with van der Waals surface area (Å²) in [5.41, 5.74) is 0.485. The largest absolute Gasteiger partial charge is 0.392 e. The van der Waals surface area contributed by atoms with Crippen molar-refractivity contribution in [2.24, 2.45) is 11.3 Å². The predicted molar refractivity (Wildman–Crippen MR) is 75.7 cm³/mol. The fraction of sp³-hybridized carbons (Fsp3) is 1.00. The number of rotatable bonds is 6. The molecule has 1 aliphatic heterocycles. The van der Waals surface area contributed by atoms with Crippen LogP contribution < -0.4 is 5.32 Å². The van der Waals surface area contributed by atoms with E-state index in [1.165, 1.54) is 32.2 Å². The molecule has 2 rings (SSSR count). The Morgan fingerprint density at radius 3 is 2.61 bits per heavy atom. The average molecular weight is 254 g/mol. The number of aliphatic hydroxyl groups excluding tert-OH is 1. The molecule has 18 heavy (non-hydrogen) atoms. The first-order chi connectivity index (χ1) is 8.60. The number of nitrogens with one attached hydrogen (secondary N) is 1. The molecule has 3 nitrogen and oxygen atoms in total. The Bertz CT molecular complexity index is 249. The lowest BCUT2D eigenvalue weighted by Gasteiger charge is -2.34. The fourth-order valence-corrected chi connectivity index (χ4v) is 3.57. The normalized spacial score (nSPS) is 28.3. The Balaban J connectivity index is 1.82. The van der Waals surface area contributed by atoms with Gasteiger partial charge in [0.1, 0.15) is 0 Å². The van der Waals surface area contributed by atoms with Crippen molar-refractivity contribution in [3.8, 4) is 0 Å². The van der Waals surface area contributed by atoms with Crippen LogP contribution >= 0.6 is 0 Å². The van der Waals surface area contributed by atoms with E-state index in [0.717, 1.165) is 38.5 Å². The van der Waals surface area contributed by atoms with Gasteiger partial charge < -0.3 is 15.3 Å². The van der Waals surface area contributed by atoms with Gasteiger partial charge in [0.25, 0.3) is 0 Å². The van der Waals surface area contributed by atoms with E-state index in [0.29, 0.717) is 5.41 Å². The van der Waals surface area contributed by atoms with Crippen molar-refractivity contribution in [1.82, 2.24) is 10.2 Å². The van der Waals surface area contributed by atoms with Crippen LogP contribution in [0.2, 0.25) is 0 Å². The molecule has 0 aromatic rings. The quantitative estimate of drug-likeness (QED) is 0.759. The minimum Gasteiger partial charge on any atom is -0.392 e. The van der Waals surface area contributed by atoms with Gasteiger partial charge in [-0.1, -0.05) is 26.7 Å². The van der Waals surface area contributed by atoms with Crippen LogP contribution in [0.5, 0.6) is 0 Å². The van der Waals surface area contributed by atoms with Gasteiger partial charge >= 0.3 is 0 Å². The molecule has 0 radical (unpaired) electrons. The second-order valence-corrected chi connectivity index (χ2v) is 6.91. The van der Waals surface area contributed by atoms with Crippen LogP contribution in [0.25, 0.3) is 0 Å². The van der Waals surface area contributed by atoms with Crippen LogP contribution in [0.15, 0.2) is 0 Å². The van der Waals surface area contributed by atoms with Crippen LogP contribution in [-0.4, -0.2) is 48.8 Å². The monoisotopic (exact) mass is 254 g/mol. The second kappa shape index (κ2) is 6.36. The third-order valence-corrected chi connectivity index (χ3v) is 4.52. The molecular weight excluding hydrogens is 224 g/mol. The molecule has 0 spiro atoms. The number of β-amino-alcohol motifs (C(OH)–C–C–N with tert-alkyl or cyclic N) is 1. The minimum atomic E-state index is -0.0768. The van der Waals surface area contributed by atoms with Crippen molar-refractivity contribution in [3.05, 3.63) is 0 Å². The number of hydrogen-bond acceptors (Lipinski definition) is 3. The fourth-order valence-electron chi connectivity index (χ4n) is 3.57. The number of hydrogen-bond donors (Lipinski definition) is 2. The van der Waals surface area contributed by atoms with E-state index >= 15 is 0 Å². The number of nitrogens with zero attached hydrogens (tertiary/aromatic N) is 1. The summed E-state index contributed by atoms with van der Waals surface area (Å²) in [4.78, 5) is 2.48. The molecule has 2 N–H and O–H groups in total. The van der Waals surface area contributed by atoms with Gasteiger partial charge in [0.2, 0.25) is 0 Å². The summed E-state index contributed by atoms with van der Waals surface area (Å²) >= 11 is 0. The smallest absolute Gasteiger partial charge is 0.0679 e. The first kappa shape index (κ1) is 14.3. The third-order valence-electron chi connectivity index (χ3n) is 4.52. The Morgan fingerprint density at radius 1 is 1.33 bits per heavy atom. The molecule has 1 heterocycles. The van der Waals surface area contributed by atoms with Crippen LogP contribution in [-0.2, 0) is 0 Å². The predicted octanol–water partition coefficient (Wildman–Crippen LogP) is 1.86. The van der Waals surface area contributed by atoms with E-state index in [2.05, 4.69) is 24.1 Å². The highest BCUT2D eigenvalue weighted by molar-refractivity contribution is 4.91. The van der Waals surface area contributed by atoms with Crippen molar-refractivity contribution in [1.29, 1.82) is 0 Å². The summed E-state index contributed by atoms with van der Waals surface area (Å²) in [5.74, 6) is 0.733. The lowest BCUT2D eigenvalue weighted by Crippen LogP contribution is -2.42. The molecule has 1 saturated carbocycles. The highest BCUT2D eigenvalue weighted by Gasteiger charge is 2.36. The molecule has 3 heteroatoms. The van der Waals surface area contributed by atoms with Crippen molar-refractivity contribution >= 4 is 0 Å². The van der Waals surface area contributed by atoms with Gasteiger partial charge in [0.05, 0.1) is 6.10 Å². The molecule has 0 aromatic carbocycles. The van der Waals surface area contributed by atoms with Crippen molar-refractivity contribution in [2.45, 2.75) is 52.1 Å². The Kier molecular flexibility index (Phi) is 5.05. The van der Waals surface area contributed by atoms with Gasteiger partial charge in [-0.2, -0.15) is 0 Å². The average Bonchev–Trinajstić information content (AvgIpc) is 2.89. The summed E-state index contributed by atoms with van der Waals surface area (Å²) < 4.78 is 0. The third kappa shape index (κ3) is 3.94. The zero-order chi connectivity index (χ0) is 13.0. The van der Waals surface area contributed by atoms with Gasteiger partial charge in [0, 0.05) is 26.2 Å². The number of likely N-dealkylation sites (tertiary alicyclic amines) is 1. The van der Waals surface area contributed by atoms with Gasteiger partial charge in [-0.25, -0.2) is 0 Å². The molecule has 2 fully saturated rings. The maximum absolute atomic E-state index is 9.65. The second-order valence-electron chi connectivity index (χ2n) is 6.91. The molecule has 1 saturated heterocycles. The van der Waals surface area contributed by atoms with Crippen molar-refractivity contribution in [3.63, 3.8) is 0 Å². The topological polar surface area (TPSA) is 35.5 Å². The van der Waals surface area contributed by atoms with E-state index in [1.807, 2.05) is 0 Å². The summed E-state index contributed by atoms with van der Waals surface area (Å²) in [6.07, 6.45) is 6.40. The van der Waals surface area contributed by atoms with Gasteiger partial charge in [-0.05, 0) is 37.1 Å². The van der Waals surface area contributed by atoms with Gasteiger partial charge in [-0.15, -0.1) is 0 Å². The zero-order valence-corrected chi connectivity index (χ0v) is 12.1. The van der Waals surface area contributed by atoms with E-state index in [1.54, 1.807) is 0 Å². The standard InChI is InChI=1S/C15H30N2O/c1-13(2)9-16-11-15(6-3-4-7-15)12-17-8-5-14(18)10-17/h13-14,16,18H,3-12H2,1-2H3. The molecule has 2 aliphatic rings. The Labute approximate surface area is 112 Å². The lowest BCUT2D eigenvalue weighted by atomic mass is 9.85. The summed E-state index contributed by atoms with van der Waals surface area (Å²) in [6, 6.07) is 0. The zero-order valence-electron chi connectivity index (χ0n) is 12.1. The summed E-state index contributed by atoms with van der Waals surface area (Å²) in [5, 5.41) is 13.3. The highest BCUT2D eigenvalue weighted by Crippen LogP contribution is 2.38. The lowest BCUT2D eigenvalue weighted by molar-refractivity contribution is 0.139. The summed E-state index contributed by atoms with van der Waals surface area (Å²) in [7, 11) is 0. The van der Waals surface area contributed by atoms with Crippen molar-refractivity contribution in [2.75, 3.05) is 32.7 Å². The van der Waals surface area contributed by atoms with Gasteiger partial charge in [-0.3, -0.25) is 0 Å². The Morgan fingerprint density at radius 2 is 2.06 bits per heavy atom. The van der Waals surface area contributed by atoms with E-state index < -0.39 is 0 Å². The highest BCUT2D eigenvalue weighted by atomic mass is 16.3. The first-order valence-corrected chi connectivity index (χ1v) is 7.71. The maximum atomic E-state index is 9.65. The molecule has 106 valence electrons. The molecule has 0 bridgehead atoms. The first-order valence-electron chi connectivity index (χ1n) is 7.71. The minimum absolute atomic E-state index is 0.0768. The molecular formula is C15H30N2O.